The van der Waals surface area contributed by atoms with Crippen molar-refractivity contribution in [2.45, 2.75) is 26.0 Å². The van der Waals surface area contributed by atoms with Crippen LogP contribution in [0.1, 0.15) is 18.9 Å². The number of ether oxygens (including phenoxy) is 1. The predicted molar refractivity (Wildman–Crippen MR) is 70.2 cm³/mol. The fraction of sp³-hybridized carbons (Fsp3) is 0.500. The van der Waals surface area contributed by atoms with Crippen molar-refractivity contribution in [1.29, 1.82) is 0 Å². The molecule has 2 amide bonds. The Kier molecular flexibility index (Phi) is 4.59. The summed E-state index contributed by atoms with van der Waals surface area (Å²) in [6.45, 7) is 3.79. The van der Waals surface area contributed by atoms with Gasteiger partial charge in [0.1, 0.15) is 0 Å². The molecule has 2 N–H and O–H groups in total. The van der Waals surface area contributed by atoms with Gasteiger partial charge in [0.2, 0.25) is 0 Å². The standard InChI is InChI=1S/C14H20N2O2/c1-11-9-13(11)16-14(17)15-7-8-18-10-12-5-3-2-4-6-12/h2-6,11,13H,7-10H2,1H3,(H2,15,16,17)/t11-,13-/m1/s1. The molecule has 1 fully saturated rings. The second-order valence-corrected chi connectivity index (χ2v) is 4.76. The number of nitrogens with one attached hydrogen (secondary N) is 2. The second kappa shape index (κ2) is 6.40. The Balaban J connectivity index is 1.49. The van der Waals surface area contributed by atoms with E-state index in [0.29, 0.717) is 31.7 Å². The van der Waals surface area contributed by atoms with Gasteiger partial charge in [0.05, 0.1) is 13.2 Å². The molecule has 4 heteroatoms. The first-order valence-electron chi connectivity index (χ1n) is 6.42. The van der Waals surface area contributed by atoms with Crippen molar-refractivity contribution in [2.24, 2.45) is 5.92 Å². The normalized spacial score (nSPS) is 21.4. The van der Waals surface area contributed by atoms with Gasteiger partial charge in [0.15, 0.2) is 0 Å². The first-order chi connectivity index (χ1) is 8.75. The molecule has 1 aromatic rings. The highest BCUT2D eigenvalue weighted by Gasteiger charge is 2.33. The maximum absolute atomic E-state index is 11.4. The number of carbonyl (C=O) groups is 1. The van der Waals surface area contributed by atoms with Gasteiger partial charge in [-0.3, -0.25) is 0 Å². The molecule has 1 aromatic carbocycles. The van der Waals surface area contributed by atoms with Gasteiger partial charge in [0, 0.05) is 12.6 Å². The van der Waals surface area contributed by atoms with Crippen LogP contribution in [0.25, 0.3) is 0 Å². The van der Waals surface area contributed by atoms with Gasteiger partial charge in [-0.25, -0.2) is 4.79 Å². The first-order valence-corrected chi connectivity index (χ1v) is 6.42. The molecule has 0 unspecified atom stereocenters. The second-order valence-electron chi connectivity index (χ2n) is 4.76. The zero-order chi connectivity index (χ0) is 12.8. The molecule has 1 aliphatic carbocycles. The van der Waals surface area contributed by atoms with Gasteiger partial charge >= 0.3 is 6.03 Å². The fourth-order valence-corrected chi connectivity index (χ4v) is 1.74. The Morgan fingerprint density at radius 3 is 2.78 bits per heavy atom. The number of hydrogen-bond acceptors (Lipinski definition) is 2. The minimum Gasteiger partial charge on any atom is -0.375 e. The van der Waals surface area contributed by atoms with E-state index in [4.69, 9.17) is 4.74 Å². The highest BCUT2D eigenvalue weighted by atomic mass is 16.5. The number of amides is 2. The monoisotopic (exact) mass is 248 g/mol. The van der Waals surface area contributed by atoms with E-state index in [-0.39, 0.29) is 6.03 Å². The summed E-state index contributed by atoms with van der Waals surface area (Å²) >= 11 is 0. The summed E-state index contributed by atoms with van der Waals surface area (Å²) in [7, 11) is 0. The minimum atomic E-state index is -0.0901. The van der Waals surface area contributed by atoms with Gasteiger partial charge in [0.25, 0.3) is 0 Å². The number of hydrogen-bond donors (Lipinski definition) is 2. The van der Waals surface area contributed by atoms with E-state index >= 15 is 0 Å². The van der Waals surface area contributed by atoms with Crippen LogP contribution in [0.4, 0.5) is 4.79 Å². The van der Waals surface area contributed by atoms with Crippen molar-refractivity contribution >= 4 is 6.03 Å². The van der Waals surface area contributed by atoms with Crippen molar-refractivity contribution in [3.05, 3.63) is 35.9 Å². The van der Waals surface area contributed by atoms with E-state index in [1.54, 1.807) is 0 Å². The quantitative estimate of drug-likeness (QED) is 0.756. The van der Waals surface area contributed by atoms with Crippen LogP contribution in [-0.4, -0.2) is 25.2 Å². The van der Waals surface area contributed by atoms with Crippen molar-refractivity contribution in [3.63, 3.8) is 0 Å². The highest BCUT2D eigenvalue weighted by Crippen LogP contribution is 2.28. The average molecular weight is 248 g/mol. The van der Waals surface area contributed by atoms with Gasteiger partial charge in [-0.2, -0.15) is 0 Å². The molecule has 0 aromatic heterocycles. The number of benzene rings is 1. The molecule has 1 saturated carbocycles. The number of carbonyl (C=O) groups excluding carboxylic acids is 1. The zero-order valence-electron chi connectivity index (χ0n) is 10.7. The summed E-state index contributed by atoms with van der Waals surface area (Å²) in [6, 6.07) is 10.3. The van der Waals surface area contributed by atoms with E-state index in [2.05, 4.69) is 17.6 Å². The summed E-state index contributed by atoms with van der Waals surface area (Å²) in [5, 5.41) is 5.69. The van der Waals surface area contributed by atoms with Crippen LogP contribution >= 0.6 is 0 Å². The lowest BCUT2D eigenvalue weighted by atomic mass is 10.2. The number of urea groups is 1. The third-order valence-corrected chi connectivity index (χ3v) is 3.07. The van der Waals surface area contributed by atoms with Crippen molar-refractivity contribution in [1.82, 2.24) is 10.6 Å². The van der Waals surface area contributed by atoms with Crippen molar-refractivity contribution < 1.29 is 9.53 Å². The lowest BCUT2D eigenvalue weighted by Crippen LogP contribution is -2.38. The average Bonchev–Trinajstić information content (AvgIpc) is 3.05. The van der Waals surface area contributed by atoms with Crippen LogP contribution in [-0.2, 0) is 11.3 Å². The molecule has 0 radical (unpaired) electrons. The van der Waals surface area contributed by atoms with Crippen LogP contribution in [0.2, 0.25) is 0 Å². The van der Waals surface area contributed by atoms with E-state index in [1.807, 2.05) is 30.3 Å². The predicted octanol–water partition coefficient (Wildman–Crippen LogP) is 1.91. The molecular formula is C14H20N2O2. The molecular weight excluding hydrogens is 228 g/mol. The molecule has 2 rings (SSSR count). The SMILES string of the molecule is C[C@@H]1C[C@H]1NC(=O)NCCOCc1ccccc1. The summed E-state index contributed by atoms with van der Waals surface area (Å²) in [4.78, 5) is 11.4. The minimum absolute atomic E-state index is 0.0901. The molecule has 4 nitrogen and oxygen atoms in total. The smallest absolute Gasteiger partial charge is 0.315 e. The zero-order valence-corrected chi connectivity index (χ0v) is 10.7. The molecule has 0 saturated heterocycles. The Bertz CT molecular complexity index is 381. The lowest BCUT2D eigenvalue weighted by Gasteiger charge is -2.07. The van der Waals surface area contributed by atoms with Gasteiger partial charge in [-0.15, -0.1) is 0 Å². The van der Waals surface area contributed by atoms with Gasteiger partial charge in [-0.05, 0) is 17.9 Å². The van der Waals surface area contributed by atoms with Crippen LogP contribution in [0.15, 0.2) is 30.3 Å². The van der Waals surface area contributed by atoms with Crippen LogP contribution in [0.3, 0.4) is 0 Å². The summed E-state index contributed by atoms with van der Waals surface area (Å²) in [5.74, 6) is 0.630. The van der Waals surface area contributed by atoms with Crippen LogP contribution in [0.5, 0.6) is 0 Å². The topological polar surface area (TPSA) is 50.4 Å². The third kappa shape index (κ3) is 4.37. The van der Waals surface area contributed by atoms with E-state index in [1.165, 1.54) is 0 Å². The van der Waals surface area contributed by atoms with Crippen molar-refractivity contribution in [2.75, 3.05) is 13.2 Å². The van der Waals surface area contributed by atoms with Crippen LogP contribution in [0, 0.1) is 5.92 Å². The molecule has 98 valence electrons. The molecule has 0 aliphatic heterocycles. The van der Waals surface area contributed by atoms with Gasteiger partial charge < -0.3 is 15.4 Å². The Hall–Kier alpha value is -1.55. The fourth-order valence-electron chi connectivity index (χ4n) is 1.74. The van der Waals surface area contributed by atoms with Crippen molar-refractivity contribution in [3.8, 4) is 0 Å². The molecule has 2 atom stereocenters. The maximum Gasteiger partial charge on any atom is 0.315 e. The summed E-state index contributed by atoms with van der Waals surface area (Å²) in [6.07, 6.45) is 1.10. The van der Waals surface area contributed by atoms with E-state index < -0.39 is 0 Å². The van der Waals surface area contributed by atoms with E-state index in [0.717, 1.165) is 12.0 Å². The van der Waals surface area contributed by atoms with Crippen LogP contribution < -0.4 is 10.6 Å². The molecule has 0 heterocycles. The summed E-state index contributed by atoms with van der Waals surface area (Å²) in [5.41, 5.74) is 1.15. The lowest BCUT2D eigenvalue weighted by molar-refractivity contribution is 0.123. The Labute approximate surface area is 108 Å². The Morgan fingerprint density at radius 1 is 1.39 bits per heavy atom. The van der Waals surface area contributed by atoms with Gasteiger partial charge in [-0.1, -0.05) is 37.3 Å². The maximum atomic E-state index is 11.4. The molecule has 0 bridgehead atoms. The largest absolute Gasteiger partial charge is 0.375 e. The third-order valence-electron chi connectivity index (χ3n) is 3.07. The molecule has 18 heavy (non-hydrogen) atoms. The Morgan fingerprint density at radius 2 is 2.11 bits per heavy atom. The first kappa shape index (κ1) is 12.9. The van der Waals surface area contributed by atoms with E-state index in [9.17, 15) is 4.79 Å². The number of rotatable bonds is 6. The summed E-state index contributed by atoms with van der Waals surface area (Å²) < 4.78 is 5.47. The molecule has 0 spiro atoms. The highest BCUT2D eigenvalue weighted by molar-refractivity contribution is 5.74. The molecule has 1 aliphatic rings.